The summed E-state index contributed by atoms with van der Waals surface area (Å²) in [6, 6.07) is 7.86. The molecule has 1 aliphatic heterocycles. The Bertz CT molecular complexity index is 1320. The number of nitrogens with two attached hydrogens (primary N) is 1. The maximum absolute atomic E-state index is 13.9. The minimum atomic E-state index is -4.97. The van der Waals surface area contributed by atoms with Gasteiger partial charge in [0.05, 0.1) is 29.2 Å². The number of nitrogens with zero attached hydrogens (tertiary/aromatic N) is 1. The molecule has 0 saturated carbocycles. The molecular weight excluding hydrogens is 527 g/mol. The number of amides is 2. The van der Waals surface area contributed by atoms with E-state index < -0.39 is 57.0 Å². The Morgan fingerprint density at radius 2 is 1.84 bits per heavy atom. The normalized spacial score (nSPS) is 17.4. The lowest BCUT2D eigenvalue weighted by Crippen LogP contribution is -2.44. The van der Waals surface area contributed by atoms with Crippen LogP contribution >= 0.6 is 0 Å². The number of alkyl halides is 3. The average Bonchev–Trinajstić information content (AvgIpc) is 2.83. The van der Waals surface area contributed by atoms with Gasteiger partial charge in [-0.05, 0) is 55.8 Å². The first-order valence-corrected chi connectivity index (χ1v) is 13.0. The SMILES string of the molecule is CC(NC(=O)CC(=O)Nc1ccc(C(=N)N)cc1)c1ccc(S(=O)(=O)N2CCO[C@@H](C)C2)c(C(F)(F)F)c1. The van der Waals surface area contributed by atoms with E-state index in [0.29, 0.717) is 17.3 Å². The second-order valence-electron chi connectivity index (χ2n) is 8.80. The van der Waals surface area contributed by atoms with Crippen molar-refractivity contribution in [2.75, 3.05) is 25.0 Å². The van der Waals surface area contributed by atoms with Gasteiger partial charge in [-0.1, -0.05) is 6.07 Å². The van der Waals surface area contributed by atoms with Gasteiger partial charge in [0, 0.05) is 24.3 Å². The Morgan fingerprint density at radius 3 is 2.42 bits per heavy atom. The number of amidine groups is 1. The largest absolute Gasteiger partial charge is 0.417 e. The summed E-state index contributed by atoms with van der Waals surface area (Å²) in [5, 5.41) is 12.3. The van der Waals surface area contributed by atoms with Crippen molar-refractivity contribution in [3.63, 3.8) is 0 Å². The monoisotopic (exact) mass is 555 g/mol. The van der Waals surface area contributed by atoms with Gasteiger partial charge in [0.15, 0.2) is 0 Å². The van der Waals surface area contributed by atoms with Crippen LogP contribution < -0.4 is 16.4 Å². The molecule has 3 rings (SSSR count). The molecule has 5 N–H and O–H groups in total. The zero-order valence-corrected chi connectivity index (χ0v) is 21.4. The molecule has 0 aliphatic carbocycles. The summed E-state index contributed by atoms with van der Waals surface area (Å²) < 4.78 is 74.0. The van der Waals surface area contributed by atoms with E-state index in [1.807, 2.05) is 0 Å². The molecule has 2 amide bonds. The minimum Gasteiger partial charge on any atom is -0.384 e. The van der Waals surface area contributed by atoms with Crippen molar-refractivity contribution < 1.29 is 35.9 Å². The highest BCUT2D eigenvalue weighted by Crippen LogP contribution is 2.37. The zero-order chi connectivity index (χ0) is 28.3. The first-order valence-electron chi connectivity index (χ1n) is 11.5. The molecule has 0 bridgehead atoms. The predicted octanol–water partition coefficient (Wildman–Crippen LogP) is 2.60. The van der Waals surface area contributed by atoms with Gasteiger partial charge in [0.25, 0.3) is 0 Å². The smallest absolute Gasteiger partial charge is 0.384 e. The number of rotatable bonds is 8. The number of nitrogen functional groups attached to an aromatic ring is 1. The molecule has 14 heteroatoms. The number of ether oxygens (including phenoxy) is 1. The van der Waals surface area contributed by atoms with E-state index in [2.05, 4.69) is 10.6 Å². The van der Waals surface area contributed by atoms with E-state index in [4.69, 9.17) is 15.9 Å². The Labute approximate surface area is 217 Å². The van der Waals surface area contributed by atoms with Crippen LogP contribution in [0.4, 0.5) is 18.9 Å². The topological polar surface area (TPSA) is 155 Å². The lowest BCUT2D eigenvalue weighted by atomic mass is 10.0. The van der Waals surface area contributed by atoms with Gasteiger partial charge >= 0.3 is 6.18 Å². The number of morpholine rings is 1. The highest BCUT2D eigenvalue weighted by Gasteiger charge is 2.40. The van der Waals surface area contributed by atoms with Crippen molar-refractivity contribution in [2.45, 2.75) is 43.5 Å². The molecule has 0 aromatic heterocycles. The van der Waals surface area contributed by atoms with Crippen LogP contribution in [0.3, 0.4) is 0 Å². The molecule has 206 valence electrons. The van der Waals surface area contributed by atoms with Crippen LogP contribution in [-0.2, 0) is 30.5 Å². The molecule has 2 aromatic rings. The van der Waals surface area contributed by atoms with E-state index in [-0.39, 0.29) is 31.1 Å². The standard InChI is InChI=1S/C24H28F3N5O5S/c1-14-13-32(9-10-37-14)38(35,36)20-8-5-17(11-19(20)24(25,26)27)15(2)30-21(33)12-22(34)31-18-6-3-16(4-7-18)23(28)29/h3-8,11,14-15H,9-10,12-13H2,1-2H3,(H3,28,29)(H,30,33)(H,31,34)/t14-,15?/m0/s1. The van der Waals surface area contributed by atoms with E-state index in [0.717, 1.165) is 10.4 Å². The number of hydrogen-bond acceptors (Lipinski definition) is 6. The highest BCUT2D eigenvalue weighted by atomic mass is 32.2. The fourth-order valence-corrected chi connectivity index (χ4v) is 5.56. The lowest BCUT2D eigenvalue weighted by molar-refractivity contribution is -0.140. The molecule has 0 spiro atoms. The molecule has 38 heavy (non-hydrogen) atoms. The van der Waals surface area contributed by atoms with Crippen molar-refractivity contribution in [3.05, 3.63) is 59.2 Å². The summed E-state index contributed by atoms with van der Waals surface area (Å²) in [7, 11) is -4.45. The number of carbonyl (C=O) groups excluding carboxylic acids is 2. The number of halogens is 3. The molecule has 1 unspecified atom stereocenters. The third-order valence-electron chi connectivity index (χ3n) is 5.81. The fraction of sp³-hybridized carbons (Fsp3) is 0.375. The van der Waals surface area contributed by atoms with Crippen molar-refractivity contribution in [1.29, 1.82) is 5.41 Å². The summed E-state index contributed by atoms with van der Waals surface area (Å²) in [5.41, 5.74) is 4.85. The van der Waals surface area contributed by atoms with Gasteiger partial charge in [-0.3, -0.25) is 15.0 Å². The zero-order valence-electron chi connectivity index (χ0n) is 20.6. The Morgan fingerprint density at radius 1 is 1.18 bits per heavy atom. The van der Waals surface area contributed by atoms with Gasteiger partial charge in [-0.15, -0.1) is 0 Å². The maximum Gasteiger partial charge on any atom is 0.417 e. The number of hydrogen-bond donors (Lipinski definition) is 4. The molecule has 10 nitrogen and oxygen atoms in total. The second kappa shape index (κ2) is 11.5. The summed E-state index contributed by atoms with van der Waals surface area (Å²) in [4.78, 5) is 23.7. The first-order chi connectivity index (χ1) is 17.7. The summed E-state index contributed by atoms with van der Waals surface area (Å²) >= 11 is 0. The molecule has 1 fully saturated rings. The number of nitrogens with one attached hydrogen (secondary N) is 3. The van der Waals surface area contributed by atoms with Crippen LogP contribution in [0.2, 0.25) is 0 Å². The van der Waals surface area contributed by atoms with Crippen LogP contribution in [0, 0.1) is 5.41 Å². The van der Waals surface area contributed by atoms with Crippen LogP contribution in [-0.4, -0.2) is 56.2 Å². The van der Waals surface area contributed by atoms with E-state index >= 15 is 0 Å². The minimum absolute atomic E-state index is 0.0141. The quantitative estimate of drug-likeness (QED) is 0.223. The van der Waals surface area contributed by atoms with E-state index in [1.54, 1.807) is 6.92 Å². The van der Waals surface area contributed by atoms with Crippen LogP contribution in [0.5, 0.6) is 0 Å². The van der Waals surface area contributed by atoms with Crippen LogP contribution in [0.15, 0.2) is 47.4 Å². The van der Waals surface area contributed by atoms with Gasteiger partial charge in [0.1, 0.15) is 12.3 Å². The number of benzene rings is 2. The Kier molecular flexibility index (Phi) is 8.79. The molecule has 1 saturated heterocycles. The average molecular weight is 556 g/mol. The molecule has 2 aromatic carbocycles. The van der Waals surface area contributed by atoms with Gasteiger partial charge in [-0.2, -0.15) is 17.5 Å². The van der Waals surface area contributed by atoms with Gasteiger partial charge in [-0.25, -0.2) is 8.42 Å². The number of anilines is 1. The van der Waals surface area contributed by atoms with Gasteiger partial charge in [0.2, 0.25) is 21.8 Å². The molecular formula is C24H28F3N5O5S. The molecule has 0 radical (unpaired) electrons. The summed E-state index contributed by atoms with van der Waals surface area (Å²) in [5.74, 6) is -1.56. The lowest BCUT2D eigenvalue weighted by Gasteiger charge is -2.31. The fourth-order valence-electron chi connectivity index (χ4n) is 3.87. The first kappa shape index (κ1) is 29.1. The predicted molar refractivity (Wildman–Crippen MR) is 133 cm³/mol. The van der Waals surface area contributed by atoms with Crippen LogP contribution in [0.1, 0.15) is 43.0 Å². The maximum atomic E-state index is 13.9. The van der Waals surface area contributed by atoms with E-state index in [9.17, 15) is 31.2 Å². The van der Waals surface area contributed by atoms with Gasteiger partial charge < -0.3 is 21.1 Å². The Balaban J connectivity index is 1.71. The number of sulfonamides is 1. The van der Waals surface area contributed by atoms with Crippen molar-refractivity contribution >= 4 is 33.4 Å². The Hall–Kier alpha value is -3.49. The molecule has 2 atom stereocenters. The van der Waals surface area contributed by atoms with Crippen molar-refractivity contribution in [1.82, 2.24) is 9.62 Å². The van der Waals surface area contributed by atoms with Crippen LogP contribution in [0.25, 0.3) is 0 Å². The van der Waals surface area contributed by atoms with Crippen molar-refractivity contribution in [3.8, 4) is 0 Å². The highest BCUT2D eigenvalue weighted by molar-refractivity contribution is 7.89. The van der Waals surface area contributed by atoms with Crippen molar-refractivity contribution in [2.24, 2.45) is 5.73 Å². The molecule has 1 aliphatic rings. The summed E-state index contributed by atoms with van der Waals surface area (Å²) in [6.45, 7) is 2.98. The summed E-state index contributed by atoms with van der Waals surface area (Å²) in [6.07, 6.45) is -6.04. The third-order valence-corrected chi connectivity index (χ3v) is 7.73. The van der Waals surface area contributed by atoms with E-state index in [1.165, 1.54) is 37.3 Å². The second-order valence-corrected chi connectivity index (χ2v) is 10.7. The molecule has 1 heterocycles. The third kappa shape index (κ3) is 7.08. The number of carbonyl (C=O) groups is 2.